The lowest BCUT2D eigenvalue weighted by Crippen LogP contribution is -2.58. The van der Waals surface area contributed by atoms with Crippen LogP contribution in [0, 0.1) is 6.92 Å². The third-order valence-corrected chi connectivity index (χ3v) is 3.79. The van der Waals surface area contributed by atoms with E-state index in [1.54, 1.807) is 6.92 Å². The Morgan fingerprint density at radius 3 is 2.95 bits per heavy atom. The van der Waals surface area contributed by atoms with Crippen LogP contribution in [-0.4, -0.2) is 53.0 Å². The highest BCUT2D eigenvalue weighted by Gasteiger charge is 2.29. The summed E-state index contributed by atoms with van der Waals surface area (Å²) in [7, 11) is 0. The number of benzene rings is 1. The maximum absolute atomic E-state index is 10.0. The van der Waals surface area contributed by atoms with Crippen LogP contribution in [0.5, 0.6) is 5.75 Å². The number of hydrogen-bond acceptors (Lipinski definition) is 5. The molecule has 6 nitrogen and oxygen atoms in total. The minimum atomic E-state index is -0.554. The third kappa shape index (κ3) is 3.18. The lowest BCUT2D eigenvalue weighted by molar-refractivity contribution is 0.0210. The first-order valence-electron chi connectivity index (χ1n) is 7.38. The summed E-state index contributed by atoms with van der Waals surface area (Å²) in [6.07, 6.45) is -0.846. The third-order valence-electron chi connectivity index (χ3n) is 3.79. The molecule has 0 aliphatic carbocycles. The van der Waals surface area contributed by atoms with Gasteiger partial charge in [0.05, 0.1) is 23.2 Å². The molecule has 0 bridgehead atoms. The molecule has 3 rings (SSSR count). The predicted octanol–water partition coefficient (Wildman–Crippen LogP) is 0.561. The van der Waals surface area contributed by atoms with Crippen LogP contribution in [0.4, 0.5) is 0 Å². The summed E-state index contributed by atoms with van der Waals surface area (Å²) in [5, 5.41) is 16.7. The van der Waals surface area contributed by atoms with Crippen LogP contribution in [0.25, 0.3) is 11.0 Å². The first-order valence-corrected chi connectivity index (χ1v) is 7.38. The van der Waals surface area contributed by atoms with E-state index >= 15 is 0 Å². The molecule has 2 heterocycles. The van der Waals surface area contributed by atoms with E-state index in [1.165, 1.54) is 0 Å². The quantitative estimate of drug-likeness (QED) is 0.661. The van der Waals surface area contributed by atoms with E-state index in [2.05, 4.69) is 20.6 Å². The van der Waals surface area contributed by atoms with E-state index < -0.39 is 6.10 Å². The zero-order valence-electron chi connectivity index (χ0n) is 12.4. The molecule has 1 aromatic carbocycles. The second kappa shape index (κ2) is 6.01. The van der Waals surface area contributed by atoms with Crippen molar-refractivity contribution in [3.05, 3.63) is 24.0 Å². The van der Waals surface area contributed by atoms with Gasteiger partial charge in [-0.2, -0.15) is 0 Å². The topological polar surface area (TPSA) is 82.2 Å². The molecule has 1 aromatic heterocycles. The molecule has 0 spiro atoms. The molecule has 1 aliphatic rings. The highest BCUT2D eigenvalue weighted by Crippen LogP contribution is 2.21. The number of piperazine rings is 1. The normalized spacial score (nSPS) is 22.1. The highest BCUT2D eigenvalue weighted by atomic mass is 16.5. The molecule has 1 aliphatic heterocycles. The van der Waals surface area contributed by atoms with Gasteiger partial charge in [-0.15, -0.1) is 0 Å². The van der Waals surface area contributed by atoms with Crippen LogP contribution in [0.15, 0.2) is 18.2 Å². The number of H-pyrrole nitrogens is 1. The second-order valence-corrected chi connectivity index (χ2v) is 5.59. The van der Waals surface area contributed by atoms with E-state index in [0.29, 0.717) is 0 Å². The van der Waals surface area contributed by atoms with Gasteiger partial charge in [0, 0.05) is 25.7 Å². The number of rotatable bonds is 4. The average Bonchev–Trinajstić information content (AvgIpc) is 2.84. The van der Waals surface area contributed by atoms with Crippen molar-refractivity contribution in [2.24, 2.45) is 0 Å². The number of imidazole rings is 1. The molecule has 3 atom stereocenters. The number of fused-ring (bicyclic) bond motifs is 1. The fourth-order valence-electron chi connectivity index (χ4n) is 2.77. The molecule has 0 radical (unpaired) electrons. The number of aliphatic hydroxyl groups is 1. The number of ether oxygens (including phenoxy) is 1. The summed E-state index contributed by atoms with van der Waals surface area (Å²) in [5.41, 5.74) is 1.87. The first kappa shape index (κ1) is 14.3. The van der Waals surface area contributed by atoms with Crippen LogP contribution in [0.2, 0.25) is 0 Å². The maximum atomic E-state index is 10.0. The smallest absolute Gasteiger partial charge is 0.141 e. The Morgan fingerprint density at radius 2 is 2.24 bits per heavy atom. The van der Waals surface area contributed by atoms with Crippen molar-refractivity contribution in [3.8, 4) is 5.75 Å². The average molecular weight is 290 g/mol. The largest absolute Gasteiger partial charge is 0.486 e. The zero-order valence-corrected chi connectivity index (χ0v) is 12.4. The van der Waals surface area contributed by atoms with Crippen molar-refractivity contribution in [2.45, 2.75) is 32.1 Å². The summed E-state index contributed by atoms with van der Waals surface area (Å²) in [6, 6.07) is 5.85. The summed E-state index contributed by atoms with van der Waals surface area (Å²) in [4.78, 5) is 7.57. The number of aromatic nitrogens is 2. The summed E-state index contributed by atoms with van der Waals surface area (Å²) in [6.45, 7) is 6.32. The van der Waals surface area contributed by atoms with Gasteiger partial charge in [0.1, 0.15) is 17.7 Å². The van der Waals surface area contributed by atoms with E-state index in [4.69, 9.17) is 4.74 Å². The lowest BCUT2D eigenvalue weighted by atomic mass is 10.0. The zero-order chi connectivity index (χ0) is 14.8. The van der Waals surface area contributed by atoms with Crippen molar-refractivity contribution < 1.29 is 9.84 Å². The Balaban J connectivity index is 1.79. The number of nitrogens with zero attached hydrogens (tertiary/aromatic N) is 1. The highest BCUT2D eigenvalue weighted by molar-refractivity contribution is 5.76. The van der Waals surface area contributed by atoms with Gasteiger partial charge in [0.25, 0.3) is 0 Å². The van der Waals surface area contributed by atoms with Gasteiger partial charge in [-0.1, -0.05) is 0 Å². The van der Waals surface area contributed by atoms with Crippen LogP contribution in [-0.2, 0) is 0 Å². The Kier molecular flexibility index (Phi) is 4.10. The van der Waals surface area contributed by atoms with Gasteiger partial charge in [-0.3, -0.25) is 0 Å². The van der Waals surface area contributed by atoms with Crippen LogP contribution < -0.4 is 15.4 Å². The molecule has 1 fully saturated rings. The van der Waals surface area contributed by atoms with Gasteiger partial charge >= 0.3 is 0 Å². The predicted molar refractivity (Wildman–Crippen MR) is 81.6 cm³/mol. The Labute approximate surface area is 123 Å². The summed E-state index contributed by atoms with van der Waals surface area (Å²) in [5.74, 6) is 1.62. The fourth-order valence-corrected chi connectivity index (χ4v) is 2.77. The summed E-state index contributed by atoms with van der Waals surface area (Å²) >= 11 is 0. The molecular weight excluding hydrogens is 268 g/mol. The minimum absolute atomic E-state index is 0.0953. The van der Waals surface area contributed by atoms with Gasteiger partial charge in [0.2, 0.25) is 0 Å². The second-order valence-electron chi connectivity index (χ2n) is 5.59. The Morgan fingerprint density at radius 1 is 1.38 bits per heavy atom. The van der Waals surface area contributed by atoms with E-state index in [9.17, 15) is 5.11 Å². The van der Waals surface area contributed by atoms with Gasteiger partial charge in [-0.05, 0) is 26.0 Å². The van der Waals surface area contributed by atoms with Crippen molar-refractivity contribution >= 4 is 11.0 Å². The standard InChI is InChI=1S/C15H22N4O2/c1-9(20)15(14-8-16-5-6-17-14)21-11-3-4-12-13(7-11)19-10(2)18-12/h3-4,7,9,14-17,20H,5-6,8H2,1-2H3,(H,18,19). The van der Waals surface area contributed by atoms with Crippen molar-refractivity contribution in [1.82, 2.24) is 20.6 Å². The number of aryl methyl sites for hydroxylation is 1. The Hall–Kier alpha value is -1.63. The molecule has 1 saturated heterocycles. The number of aliphatic hydroxyl groups excluding tert-OH is 1. The number of hydrogen-bond donors (Lipinski definition) is 4. The van der Waals surface area contributed by atoms with E-state index in [-0.39, 0.29) is 12.1 Å². The molecule has 0 saturated carbocycles. The number of aromatic amines is 1. The SMILES string of the molecule is Cc1nc2ccc(OC(C(C)O)C3CNCCN3)cc2[nH]1. The minimum Gasteiger partial charge on any atom is -0.486 e. The lowest BCUT2D eigenvalue weighted by Gasteiger charge is -2.33. The fraction of sp³-hybridized carbons (Fsp3) is 0.533. The summed E-state index contributed by atoms with van der Waals surface area (Å²) < 4.78 is 6.03. The molecule has 21 heavy (non-hydrogen) atoms. The molecule has 2 aromatic rings. The van der Waals surface area contributed by atoms with Gasteiger partial charge in [0.15, 0.2) is 0 Å². The molecule has 0 amide bonds. The van der Waals surface area contributed by atoms with Crippen LogP contribution in [0.3, 0.4) is 0 Å². The first-order chi connectivity index (χ1) is 10.1. The van der Waals surface area contributed by atoms with Crippen LogP contribution in [0.1, 0.15) is 12.7 Å². The van der Waals surface area contributed by atoms with Crippen LogP contribution >= 0.6 is 0 Å². The van der Waals surface area contributed by atoms with Crippen molar-refractivity contribution in [1.29, 1.82) is 0 Å². The van der Waals surface area contributed by atoms with Gasteiger partial charge < -0.3 is 25.5 Å². The van der Waals surface area contributed by atoms with Crippen molar-refractivity contribution in [2.75, 3.05) is 19.6 Å². The monoisotopic (exact) mass is 290 g/mol. The molecule has 114 valence electrons. The van der Waals surface area contributed by atoms with Gasteiger partial charge in [-0.25, -0.2) is 4.98 Å². The molecule has 6 heteroatoms. The molecule has 3 unspecified atom stereocenters. The maximum Gasteiger partial charge on any atom is 0.141 e. The molecular formula is C15H22N4O2. The van der Waals surface area contributed by atoms with E-state index in [1.807, 2.05) is 25.1 Å². The van der Waals surface area contributed by atoms with E-state index in [0.717, 1.165) is 42.2 Å². The molecule has 4 N–H and O–H groups in total. The van der Waals surface area contributed by atoms with Crippen molar-refractivity contribution in [3.63, 3.8) is 0 Å². The number of nitrogens with one attached hydrogen (secondary N) is 3. The Bertz CT molecular complexity index is 605.